The van der Waals surface area contributed by atoms with Crippen LogP contribution in [0.1, 0.15) is 51.9 Å². The molecular weight excluding hydrogens is 360 g/mol. The molecule has 0 radical (unpaired) electrons. The predicted octanol–water partition coefficient (Wildman–Crippen LogP) is 2.90. The van der Waals surface area contributed by atoms with Crippen molar-refractivity contribution in [1.29, 1.82) is 0 Å². The summed E-state index contributed by atoms with van der Waals surface area (Å²) in [5.74, 6) is -0.945. The number of aliphatic hydroxyl groups is 3. The van der Waals surface area contributed by atoms with Crippen molar-refractivity contribution in [3.63, 3.8) is 0 Å². The fourth-order valence-electron chi connectivity index (χ4n) is 2.90. The van der Waals surface area contributed by atoms with Crippen molar-refractivity contribution in [3.8, 4) is 0 Å². The second-order valence-corrected chi connectivity index (χ2v) is 6.92. The summed E-state index contributed by atoms with van der Waals surface area (Å²) in [5.41, 5.74) is 0. The lowest BCUT2D eigenvalue weighted by Gasteiger charge is -2.16. The van der Waals surface area contributed by atoms with Gasteiger partial charge in [0.1, 0.15) is 0 Å². The van der Waals surface area contributed by atoms with Crippen LogP contribution < -0.4 is 0 Å². The van der Waals surface area contributed by atoms with Crippen LogP contribution in [0.5, 0.6) is 0 Å². The fraction of sp³-hybridized carbons (Fsp3) is 0.591. The Morgan fingerprint density at radius 1 is 1.07 bits per heavy atom. The minimum Gasteiger partial charge on any atom is -0.481 e. The molecule has 5 atom stereocenters. The molecule has 1 rings (SSSR count). The van der Waals surface area contributed by atoms with Crippen molar-refractivity contribution in [2.24, 2.45) is 0 Å². The third-order valence-corrected chi connectivity index (χ3v) is 4.46. The van der Waals surface area contributed by atoms with Crippen LogP contribution in [0.3, 0.4) is 0 Å². The third-order valence-electron chi connectivity index (χ3n) is 4.46. The number of aliphatic hydroxyl groups excluding tert-OH is 3. The number of carboxylic acids is 1. The Bertz CT molecular complexity index is 551. The normalized spacial score (nSPS) is 25.5. The van der Waals surface area contributed by atoms with Gasteiger partial charge in [-0.15, -0.1) is 0 Å². The van der Waals surface area contributed by atoms with Gasteiger partial charge >= 0.3 is 5.97 Å². The zero-order valence-corrected chi connectivity index (χ0v) is 16.6. The zero-order chi connectivity index (χ0) is 20.8. The van der Waals surface area contributed by atoms with Gasteiger partial charge in [-0.2, -0.15) is 0 Å². The summed E-state index contributed by atoms with van der Waals surface area (Å²) in [6, 6.07) is 0. The molecule has 0 aromatic rings. The molecule has 1 fully saturated rings. The molecule has 0 aromatic carbocycles. The van der Waals surface area contributed by atoms with Crippen LogP contribution in [0.2, 0.25) is 0 Å². The molecule has 1 aliphatic rings. The molecule has 0 amide bonds. The number of hydrogen-bond donors (Lipinski definition) is 4. The molecule has 0 unspecified atom stereocenters. The van der Waals surface area contributed by atoms with Crippen molar-refractivity contribution in [1.82, 2.24) is 0 Å². The topological polar surface area (TPSA) is 107 Å². The van der Waals surface area contributed by atoms with Crippen LogP contribution in [0, 0.1) is 0 Å². The first-order valence-corrected chi connectivity index (χ1v) is 9.98. The lowest BCUT2D eigenvalue weighted by Crippen LogP contribution is -2.25. The number of rotatable bonds is 13. The Kier molecular flexibility index (Phi) is 12.4. The number of aliphatic carboxylic acids is 1. The molecule has 1 saturated heterocycles. The molecule has 0 spiro atoms. The molecule has 28 heavy (non-hydrogen) atoms. The summed E-state index contributed by atoms with van der Waals surface area (Å²) in [7, 11) is 0. The summed E-state index contributed by atoms with van der Waals surface area (Å²) in [6.07, 6.45) is 15.3. The van der Waals surface area contributed by atoms with Crippen LogP contribution in [-0.4, -0.2) is 56.9 Å². The van der Waals surface area contributed by atoms with Gasteiger partial charge in [0.15, 0.2) is 0 Å². The molecule has 0 saturated carbocycles. The van der Waals surface area contributed by atoms with Gasteiger partial charge in [-0.25, -0.2) is 0 Å². The van der Waals surface area contributed by atoms with Gasteiger partial charge in [0.05, 0.1) is 30.5 Å². The Labute approximate surface area is 167 Å². The average Bonchev–Trinajstić information content (AvgIpc) is 3.04. The first-order chi connectivity index (χ1) is 13.4. The number of allylic oxidation sites excluding steroid dienone is 5. The van der Waals surface area contributed by atoms with E-state index < -0.39 is 36.5 Å². The molecule has 158 valence electrons. The average molecular weight is 395 g/mol. The quantitative estimate of drug-likeness (QED) is 0.358. The van der Waals surface area contributed by atoms with E-state index in [-0.39, 0.29) is 19.3 Å². The predicted molar refractivity (Wildman–Crippen MR) is 109 cm³/mol. The van der Waals surface area contributed by atoms with Gasteiger partial charge in [-0.05, 0) is 32.1 Å². The Balaban J connectivity index is 2.28. The second kappa shape index (κ2) is 14.3. The van der Waals surface area contributed by atoms with Crippen LogP contribution in [0.15, 0.2) is 48.6 Å². The molecular formula is C22H34O6. The van der Waals surface area contributed by atoms with E-state index >= 15 is 0 Å². The molecule has 6 nitrogen and oxygen atoms in total. The van der Waals surface area contributed by atoms with E-state index in [1.807, 2.05) is 12.2 Å². The van der Waals surface area contributed by atoms with Crippen molar-refractivity contribution < 1.29 is 30.0 Å². The van der Waals surface area contributed by atoms with Gasteiger partial charge in [0.25, 0.3) is 0 Å². The molecule has 6 heteroatoms. The molecule has 1 aliphatic heterocycles. The van der Waals surface area contributed by atoms with Gasteiger partial charge in [0, 0.05) is 12.8 Å². The highest BCUT2D eigenvalue weighted by molar-refractivity contribution is 5.66. The highest BCUT2D eigenvalue weighted by atomic mass is 16.5. The molecule has 0 aliphatic carbocycles. The number of carbonyl (C=O) groups is 1. The van der Waals surface area contributed by atoms with Crippen LogP contribution in [0.4, 0.5) is 0 Å². The lowest BCUT2D eigenvalue weighted by molar-refractivity contribution is -0.138. The van der Waals surface area contributed by atoms with Crippen LogP contribution in [0.25, 0.3) is 0 Å². The lowest BCUT2D eigenvalue weighted by atomic mass is 10.0. The smallest absolute Gasteiger partial charge is 0.303 e. The minimum absolute atomic E-state index is 0.0872. The van der Waals surface area contributed by atoms with Gasteiger partial charge in [-0.1, -0.05) is 55.5 Å². The molecule has 0 aromatic heterocycles. The van der Waals surface area contributed by atoms with E-state index in [9.17, 15) is 20.1 Å². The van der Waals surface area contributed by atoms with Gasteiger partial charge in [-0.3, -0.25) is 4.79 Å². The van der Waals surface area contributed by atoms with Crippen molar-refractivity contribution in [3.05, 3.63) is 48.6 Å². The minimum atomic E-state index is -0.956. The fourth-order valence-corrected chi connectivity index (χ4v) is 2.90. The summed E-state index contributed by atoms with van der Waals surface area (Å²) >= 11 is 0. The monoisotopic (exact) mass is 394 g/mol. The first kappa shape index (κ1) is 24.3. The largest absolute Gasteiger partial charge is 0.481 e. The maximum atomic E-state index is 10.6. The van der Waals surface area contributed by atoms with Gasteiger partial charge in [0.2, 0.25) is 0 Å². The Morgan fingerprint density at radius 3 is 2.36 bits per heavy atom. The third kappa shape index (κ3) is 10.6. The van der Waals surface area contributed by atoms with Crippen molar-refractivity contribution in [2.75, 3.05) is 0 Å². The first-order valence-electron chi connectivity index (χ1n) is 9.98. The van der Waals surface area contributed by atoms with Crippen LogP contribution >= 0.6 is 0 Å². The number of hydrogen-bond acceptors (Lipinski definition) is 5. The van der Waals surface area contributed by atoms with Crippen LogP contribution in [-0.2, 0) is 9.53 Å². The Hall–Kier alpha value is -1.73. The Morgan fingerprint density at radius 2 is 1.71 bits per heavy atom. The SMILES string of the molecule is CC/C=C\C/C=C\C/C=C\C[C@@H](O)/C=C/[C@@H](O)[C@H]1C[C@@H](O)[C@@H](CCC(=O)O)O1. The van der Waals surface area contributed by atoms with E-state index in [1.165, 1.54) is 12.2 Å². The highest BCUT2D eigenvalue weighted by Crippen LogP contribution is 2.26. The summed E-state index contributed by atoms with van der Waals surface area (Å²) in [4.78, 5) is 10.6. The maximum Gasteiger partial charge on any atom is 0.303 e. The van der Waals surface area contributed by atoms with E-state index in [0.29, 0.717) is 6.42 Å². The summed E-state index contributed by atoms with van der Waals surface area (Å²) < 4.78 is 5.56. The number of carboxylic acid groups (broad SMARTS) is 1. The number of ether oxygens (including phenoxy) is 1. The maximum absolute atomic E-state index is 10.6. The second-order valence-electron chi connectivity index (χ2n) is 6.92. The summed E-state index contributed by atoms with van der Waals surface area (Å²) in [5, 5.41) is 38.7. The molecule has 1 heterocycles. The highest BCUT2D eigenvalue weighted by Gasteiger charge is 2.36. The van der Waals surface area contributed by atoms with Crippen molar-refractivity contribution >= 4 is 5.97 Å². The summed E-state index contributed by atoms with van der Waals surface area (Å²) in [6.45, 7) is 2.10. The van der Waals surface area contributed by atoms with E-state index in [2.05, 4.69) is 31.2 Å². The molecule has 4 N–H and O–H groups in total. The van der Waals surface area contributed by atoms with Crippen molar-refractivity contribution in [2.45, 2.75) is 82.4 Å². The molecule has 0 bridgehead atoms. The standard InChI is InChI=1S/C22H34O6/c1-2-3-4-5-6-7-8-9-10-11-17(23)12-13-18(24)21-16-19(25)20(28-21)14-15-22(26)27/h3-4,6-7,9-10,12-13,17-21,23-25H,2,5,8,11,14-16H2,1H3,(H,26,27)/b4-3-,7-6-,10-9-,13-12+/t17-,18-,19-,20-,21-/m1/s1. The van der Waals surface area contributed by atoms with E-state index in [0.717, 1.165) is 19.3 Å². The van der Waals surface area contributed by atoms with Gasteiger partial charge < -0.3 is 25.2 Å². The van der Waals surface area contributed by atoms with E-state index in [1.54, 1.807) is 0 Å². The zero-order valence-electron chi connectivity index (χ0n) is 16.6. The van der Waals surface area contributed by atoms with E-state index in [4.69, 9.17) is 9.84 Å².